The SMILES string of the molecule is Cn1nc(C(F)(F)F)nc1CCC1CCNCC1. The summed E-state index contributed by atoms with van der Waals surface area (Å²) in [7, 11) is 1.51. The number of hydrogen-bond donors (Lipinski definition) is 1. The van der Waals surface area contributed by atoms with Crippen LogP contribution in [0, 0.1) is 5.92 Å². The van der Waals surface area contributed by atoms with Gasteiger partial charge in [0.05, 0.1) is 0 Å². The molecule has 18 heavy (non-hydrogen) atoms. The Balaban J connectivity index is 1.94. The topological polar surface area (TPSA) is 42.7 Å². The molecular formula is C11H17F3N4. The van der Waals surface area contributed by atoms with Crippen molar-refractivity contribution in [2.24, 2.45) is 13.0 Å². The highest BCUT2D eigenvalue weighted by Gasteiger charge is 2.36. The van der Waals surface area contributed by atoms with Gasteiger partial charge >= 0.3 is 6.18 Å². The zero-order chi connectivity index (χ0) is 13.2. The summed E-state index contributed by atoms with van der Waals surface area (Å²) in [6.45, 7) is 1.99. The average Bonchev–Trinajstić information content (AvgIpc) is 2.69. The van der Waals surface area contributed by atoms with Crippen molar-refractivity contribution in [3.05, 3.63) is 11.6 Å². The van der Waals surface area contributed by atoms with E-state index in [2.05, 4.69) is 15.4 Å². The Hall–Kier alpha value is -1.11. The molecule has 4 nitrogen and oxygen atoms in total. The van der Waals surface area contributed by atoms with Gasteiger partial charge < -0.3 is 5.32 Å². The van der Waals surface area contributed by atoms with Gasteiger partial charge in [0, 0.05) is 13.5 Å². The second kappa shape index (κ2) is 5.26. The van der Waals surface area contributed by atoms with Crippen LogP contribution in [-0.2, 0) is 19.6 Å². The van der Waals surface area contributed by atoms with Crippen LogP contribution in [-0.4, -0.2) is 27.9 Å². The molecule has 1 aromatic rings. The minimum Gasteiger partial charge on any atom is -0.317 e. The number of halogens is 3. The molecule has 0 atom stereocenters. The van der Waals surface area contributed by atoms with Crippen molar-refractivity contribution >= 4 is 0 Å². The maximum Gasteiger partial charge on any atom is 0.453 e. The van der Waals surface area contributed by atoms with E-state index >= 15 is 0 Å². The first-order chi connectivity index (χ1) is 8.47. The van der Waals surface area contributed by atoms with E-state index in [0.717, 1.165) is 32.4 Å². The molecule has 0 radical (unpaired) electrons. The predicted molar refractivity (Wildman–Crippen MR) is 59.9 cm³/mol. The first-order valence-electron chi connectivity index (χ1n) is 6.14. The van der Waals surface area contributed by atoms with E-state index in [1.165, 1.54) is 11.7 Å². The van der Waals surface area contributed by atoms with Crippen molar-refractivity contribution in [3.63, 3.8) is 0 Å². The number of alkyl halides is 3. The Kier molecular flexibility index (Phi) is 3.89. The van der Waals surface area contributed by atoms with Gasteiger partial charge in [0.1, 0.15) is 5.82 Å². The number of nitrogens with zero attached hydrogens (tertiary/aromatic N) is 3. The minimum atomic E-state index is -4.45. The maximum absolute atomic E-state index is 12.4. The molecule has 1 aliphatic heterocycles. The van der Waals surface area contributed by atoms with E-state index in [0.29, 0.717) is 18.2 Å². The molecule has 1 fully saturated rings. The lowest BCUT2D eigenvalue weighted by molar-refractivity contribution is -0.145. The summed E-state index contributed by atoms with van der Waals surface area (Å²) >= 11 is 0. The highest BCUT2D eigenvalue weighted by molar-refractivity contribution is 4.96. The molecule has 0 bridgehead atoms. The smallest absolute Gasteiger partial charge is 0.317 e. The highest BCUT2D eigenvalue weighted by Crippen LogP contribution is 2.26. The van der Waals surface area contributed by atoms with E-state index in [9.17, 15) is 13.2 Å². The molecule has 102 valence electrons. The summed E-state index contributed by atoms with van der Waals surface area (Å²) < 4.78 is 38.5. The molecule has 0 unspecified atom stereocenters. The zero-order valence-electron chi connectivity index (χ0n) is 10.3. The Morgan fingerprint density at radius 1 is 1.33 bits per heavy atom. The second-order valence-electron chi connectivity index (χ2n) is 4.71. The van der Waals surface area contributed by atoms with E-state index in [4.69, 9.17) is 0 Å². The van der Waals surface area contributed by atoms with E-state index < -0.39 is 12.0 Å². The van der Waals surface area contributed by atoms with Crippen molar-refractivity contribution in [2.45, 2.75) is 31.9 Å². The largest absolute Gasteiger partial charge is 0.453 e. The van der Waals surface area contributed by atoms with E-state index in [-0.39, 0.29) is 0 Å². The lowest BCUT2D eigenvalue weighted by Gasteiger charge is -2.22. The molecule has 0 amide bonds. The zero-order valence-corrected chi connectivity index (χ0v) is 10.3. The normalized spacial score (nSPS) is 18.2. The van der Waals surface area contributed by atoms with Gasteiger partial charge in [0.15, 0.2) is 0 Å². The minimum absolute atomic E-state index is 0.417. The van der Waals surface area contributed by atoms with Crippen LogP contribution in [0.1, 0.15) is 30.9 Å². The molecule has 0 aliphatic carbocycles. The van der Waals surface area contributed by atoms with E-state index in [1.807, 2.05) is 0 Å². The fraction of sp³-hybridized carbons (Fsp3) is 0.818. The third-order valence-electron chi connectivity index (χ3n) is 3.34. The van der Waals surface area contributed by atoms with Gasteiger partial charge in [-0.2, -0.15) is 13.2 Å². The van der Waals surface area contributed by atoms with Crippen molar-refractivity contribution < 1.29 is 13.2 Å². The third-order valence-corrected chi connectivity index (χ3v) is 3.34. The molecule has 1 aromatic heterocycles. The standard InChI is InChI=1S/C11H17F3N4/c1-18-9(16-10(17-18)11(12,13)14)3-2-8-4-6-15-7-5-8/h8,15H,2-7H2,1H3. The third kappa shape index (κ3) is 3.22. The van der Waals surface area contributed by atoms with Crippen LogP contribution >= 0.6 is 0 Å². The molecule has 7 heteroatoms. The van der Waals surface area contributed by atoms with Crippen LogP contribution in [0.4, 0.5) is 13.2 Å². The molecule has 0 saturated carbocycles. The molecular weight excluding hydrogens is 245 g/mol. The fourth-order valence-electron chi connectivity index (χ4n) is 2.26. The predicted octanol–water partition coefficient (Wildman–Crippen LogP) is 1.77. The van der Waals surface area contributed by atoms with Crippen LogP contribution in [0.3, 0.4) is 0 Å². The Morgan fingerprint density at radius 3 is 2.56 bits per heavy atom. The van der Waals surface area contributed by atoms with Crippen molar-refractivity contribution in [2.75, 3.05) is 13.1 Å². The van der Waals surface area contributed by atoms with Crippen LogP contribution in [0.2, 0.25) is 0 Å². The summed E-state index contributed by atoms with van der Waals surface area (Å²) in [6, 6.07) is 0. The van der Waals surface area contributed by atoms with Gasteiger partial charge in [-0.15, -0.1) is 5.10 Å². The number of nitrogens with one attached hydrogen (secondary N) is 1. The van der Waals surface area contributed by atoms with Crippen LogP contribution in [0.15, 0.2) is 0 Å². The molecule has 0 aromatic carbocycles. The number of rotatable bonds is 3. The molecule has 2 rings (SSSR count). The van der Waals surface area contributed by atoms with Crippen LogP contribution in [0.5, 0.6) is 0 Å². The number of aryl methyl sites for hydroxylation is 2. The number of hydrogen-bond acceptors (Lipinski definition) is 3. The van der Waals surface area contributed by atoms with Crippen LogP contribution < -0.4 is 5.32 Å². The summed E-state index contributed by atoms with van der Waals surface area (Å²) in [5.74, 6) is -0.0385. The molecule has 0 spiro atoms. The lowest BCUT2D eigenvalue weighted by Crippen LogP contribution is -2.28. The molecule has 1 aliphatic rings. The highest BCUT2D eigenvalue weighted by atomic mass is 19.4. The molecule has 2 heterocycles. The quantitative estimate of drug-likeness (QED) is 0.902. The summed E-state index contributed by atoms with van der Waals surface area (Å²) in [6.07, 6.45) is -0.839. The van der Waals surface area contributed by atoms with Crippen molar-refractivity contribution in [3.8, 4) is 0 Å². The van der Waals surface area contributed by atoms with Gasteiger partial charge in [-0.05, 0) is 38.3 Å². The average molecular weight is 262 g/mol. The van der Waals surface area contributed by atoms with Crippen molar-refractivity contribution in [1.82, 2.24) is 20.1 Å². The van der Waals surface area contributed by atoms with Gasteiger partial charge in [0.25, 0.3) is 5.82 Å². The number of piperidine rings is 1. The van der Waals surface area contributed by atoms with Crippen molar-refractivity contribution in [1.29, 1.82) is 0 Å². The van der Waals surface area contributed by atoms with Gasteiger partial charge in [0.2, 0.25) is 0 Å². The number of aromatic nitrogens is 3. The van der Waals surface area contributed by atoms with Gasteiger partial charge in [-0.25, -0.2) is 4.98 Å². The Morgan fingerprint density at radius 2 is 2.00 bits per heavy atom. The summed E-state index contributed by atoms with van der Waals surface area (Å²) in [5, 5.41) is 6.68. The first-order valence-corrected chi connectivity index (χ1v) is 6.14. The lowest BCUT2D eigenvalue weighted by atomic mass is 9.93. The monoisotopic (exact) mass is 262 g/mol. The molecule has 1 N–H and O–H groups in total. The Bertz CT molecular complexity index is 393. The van der Waals surface area contributed by atoms with Gasteiger partial charge in [-0.3, -0.25) is 4.68 Å². The Labute approximate surface area is 104 Å². The summed E-state index contributed by atoms with van der Waals surface area (Å²) in [4.78, 5) is 3.58. The summed E-state index contributed by atoms with van der Waals surface area (Å²) in [5.41, 5.74) is 0. The maximum atomic E-state index is 12.4. The van der Waals surface area contributed by atoms with Crippen LogP contribution in [0.25, 0.3) is 0 Å². The first kappa shape index (κ1) is 13.3. The second-order valence-corrected chi connectivity index (χ2v) is 4.71. The van der Waals surface area contributed by atoms with E-state index in [1.54, 1.807) is 0 Å². The molecule has 1 saturated heterocycles. The fourth-order valence-corrected chi connectivity index (χ4v) is 2.26. The van der Waals surface area contributed by atoms with Gasteiger partial charge in [-0.1, -0.05) is 0 Å².